The van der Waals surface area contributed by atoms with E-state index in [1.54, 1.807) is 26.8 Å². The van der Waals surface area contributed by atoms with Gasteiger partial charge in [0, 0.05) is 16.6 Å². The Morgan fingerprint density at radius 2 is 1.93 bits per heavy atom. The maximum absolute atomic E-state index is 13.4. The molecule has 1 aromatic heterocycles. The minimum Gasteiger partial charge on any atom is -0.477 e. The number of allylic oxidation sites excluding steroid dienone is 1. The van der Waals surface area contributed by atoms with Gasteiger partial charge in [0.25, 0.3) is 5.91 Å². The first-order chi connectivity index (χ1) is 12.7. The molecule has 1 aliphatic heterocycles. The molecule has 1 aliphatic rings. The Morgan fingerprint density at radius 1 is 1.26 bits per heavy atom. The van der Waals surface area contributed by atoms with Crippen molar-refractivity contribution in [1.29, 1.82) is 0 Å². The third-order valence-corrected chi connectivity index (χ3v) is 5.23. The van der Waals surface area contributed by atoms with Crippen molar-refractivity contribution in [1.82, 2.24) is 4.90 Å². The van der Waals surface area contributed by atoms with Crippen LogP contribution in [0.2, 0.25) is 0 Å². The molecule has 0 bridgehead atoms. The summed E-state index contributed by atoms with van der Waals surface area (Å²) >= 11 is 1.39. The van der Waals surface area contributed by atoms with E-state index in [9.17, 15) is 18.4 Å². The van der Waals surface area contributed by atoms with Crippen LogP contribution in [-0.4, -0.2) is 29.0 Å². The van der Waals surface area contributed by atoms with Gasteiger partial charge in [0.15, 0.2) is 6.73 Å². The van der Waals surface area contributed by atoms with Gasteiger partial charge in [-0.15, -0.1) is 11.3 Å². The van der Waals surface area contributed by atoms with Crippen molar-refractivity contribution >= 4 is 34.4 Å². The maximum atomic E-state index is 13.4. The number of hydrogen-bond donors (Lipinski definition) is 1. The highest BCUT2D eigenvalue weighted by atomic mass is 32.1. The number of nitrogens with one attached hydrogen (secondary N) is 1. The van der Waals surface area contributed by atoms with Gasteiger partial charge in [-0.05, 0) is 44.4 Å². The number of carbonyl (C=O) groups is 2. The highest BCUT2D eigenvalue weighted by molar-refractivity contribution is 7.11. The molecule has 1 N–H and O–H groups in total. The molecule has 8 heteroatoms. The van der Waals surface area contributed by atoms with Gasteiger partial charge in [-0.25, -0.2) is 8.78 Å². The molecule has 0 aliphatic carbocycles. The zero-order valence-electron chi connectivity index (χ0n) is 15.0. The molecule has 5 nitrogen and oxygen atoms in total. The van der Waals surface area contributed by atoms with Crippen LogP contribution in [0.15, 0.2) is 41.5 Å². The summed E-state index contributed by atoms with van der Waals surface area (Å²) in [4.78, 5) is 27.8. The Bertz CT molecular complexity index is 903. The number of thiophene rings is 1. The van der Waals surface area contributed by atoms with Crippen molar-refractivity contribution in [2.75, 3.05) is 12.0 Å². The molecule has 142 valence electrons. The Kier molecular flexibility index (Phi) is 5.01. The van der Waals surface area contributed by atoms with Gasteiger partial charge >= 0.3 is 0 Å². The van der Waals surface area contributed by atoms with E-state index in [1.165, 1.54) is 16.2 Å². The zero-order chi connectivity index (χ0) is 19.8. The number of benzene rings is 1. The summed E-state index contributed by atoms with van der Waals surface area (Å²) in [6.07, 6.45) is 0. The molecule has 2 heterocycles. The normalized spacial score (nSPS) is 15.0. The predicted octanol–water partition coefficient (Wildman–Crippen LogP) is 3.99. The number of nitrogens with zero attached hydrogens (tertiary/aromatic N) is 1. The van der Waals surface area contributed by atoms with E-state index in [-0.39, 0.29) is 18.3 Å². The number of carbonyl (C=O) groups excluding carboxylic acids is 2. The average Bonchev–Trinajstić information content (AvgIpc) is 3.07. The quantitative estimate of drug-likeness (QED) is 0.856. The van der Waals surface area contributed by atoms with Crippen molar-refractivity contribution in [3.63, 3.8) is 0 Å². The number of amides is 2. The fraction of sp³-hybridized carbons (Fsp3) is 0.263. The summed E-state index contributed by atoms with van der Waals surface area (Å²) in [7, 11) is 0. The number of ether oxygens (including phenoxy) is 1. The summed E-state index contributed by atoms with van der Waals surface area (Å²) in [5.74, 6) is -2.05. The molecule has 2 aromatic rings. The third-order valence-electron chi connectivity index (χ3n) is 4.34. The average molecular weight is 392 g/mol. The molecule has 0 radical (unpaired) electrons. The third kappa shape index (κ3) is 3.71. The number of halogens is 2. The molecule has 0 fully saturated rings. The number of anilines is 1. The minimum atomic E-state index is -1.32. The predicted molar refractivity (Wildman–Crippen MR) is 98.8 cm³/mol. The van der Waals surface area contributed by atoms with Gasteiger partial charge in [0.2, 0.25) is 5.91 Å². The van der Waals surface area contributed by atoms with Crippen molar-refractivity contribution in [2.45, 2.75) is 26.3 Å². The monoisotopic (exact) mass is 392 g/mol. The summed E-state index contributed by atoms with van der Waals surface area (Å²) < 4.78 is 32.3. The van der Waals surface area contributed by atoms with Crippen molar-refractivity contribution in [3.05, 3.63) is 58.0 Å². The zero-order valence-corrected chi connectivity index (χ0v) is 15.8. The van der Waals surface area contributed by atoms with Crippen molar-refractivity contribution < 1.29 is 23.1 Å². The molecule has 0 unspecified atom stereocenters. The van der Waals surface area contributed by atoms with E-state index in [4.69, 9.17) is 4.74 Å². The van der Waals surface area contributed by atoms with E-state index in [2.05, 4.69) is 5.32 Å². The van der Waals surface area contributed by atoms with E-state index < -0.39 is 23.1 Å². The molecule has 2 amide bonds. The van der Waals surface area contributed by atoms with Gasteiger partial charge in [-0.2, -0.15) is 0 Å². The molecular weight excluding hydrogens is 374 g/mol. The second kappa shape index (κ2) is 7.11. The fourth-order valence-corrected chi connectivity index (χ4v) is 3.54. The lowest BCUT2D eigenvalue weighted by Gasteiger charge is -2.40. The SMILES string of the molecule is CC1=C(c2cccs2)C(=O)N(C(C)(C)C(=O)Nc2cc(F)cc(F)c2)CO1. The Labute approximate surface area is 159 Å². The molecular formula is C19H18F2N2O3S. The van der Waals surface area contributed by atoms with E-state index in [1.807, 2.05) is 11.4 Å². The molecule has 1 aromatic carbocycles. The second-order valence-corrected chi connectivity index (χ2v) is 7.53. The molecule has 0 saturated heterocycles. The molecule has 0 atom stereocenters. The number of hydrogen-bond acceptors (Lipinski definition) is 4. The topological polar surface area (TPSA) is 58.6 Å². The lowest BCUT2D eigenvalue weighted by Crippen LogP contribution is -2.57. The van der Waals surface area contributed by atoms with Crippen LogP contribution in [0.25, 0.3) is 5.57 Å². The van der Waals surface area contributed by atoms with Gasteiger partial charge in [0.05, 0.1) is 5.57 Å². The second-order valence-electron chi connectivity index (χ2n) is 6.59. The Morgan fingerprint density at radius 3 is 2.52 bits per heavy atom. The summed E-state index contributed by atoms with van der Waals surface area (Å²) in [6, 6.07) is 6.35. The van der Waals surface area contributed by atoms with Crippen LogP contribution in [0.1, 0.15) is 25.6 Å². The summed E-state index contributed by atoms with van der Waals surface area (Å²) in [6.45, 7) is 4.70. The van der Waals surface area contributed by atoms with Crippen LogP contribution < -0.4 is 5.32 Å². The van der Waals surface area contributed by atoms with Crippen molar-refractivity contribution in [3.8, 4) is 0 Å². The summed E-state index contributed by atoms with van der Waals surface area (Å²) in [5, 5.41) is 4.31. The lowest BCUT2D eigenvalue weighted by molar-refractivity contribution is -0.147. The summed E-state index contributed by atoms with van der Waals surface area (Å²) in [5.41, 5.74) is -0.946. The molecule has 3 rings (SSSR count). The van der Waals surface area contributed by atoms with Crippen LogP contribution in [0.4, 0.5) is 14.5 Å². The Balaban J connectivity index is 1.85. The van der Waals surface area contributed by atoms with E-state index in [0.717, 1.165) is 17.0 Å². The van der Waals surface area contributed by atoms with Crippen LogP contribution in [-0.2, 0) is 14.3 Å². The highest BCUT2D eigenvalue weighted by Gasteiger charge is 2.42. The fourth-order valence-electron chi connectivity index (χ4n) is 2.73. The van der Waals surface area contributed by atoms with E-state index in [0.29, 0.717) is 17.4 Å². The molecule has 27 heavy (non-hydrogen) atoms. The highest BCUT2D eigenvalue weighted by Crippen LogP contribution is 2.33. The van der Waals surface area contributed by atoms with Crippen LogP contribution in [0.3, 0.4) is 0 Å². The van der Waals surface area contributed by atoms with Crippen LogP contribution in [0, 0.1) is 11.6 Å². The Hall–Kier alpha value is -2.74. The van der Waals surface area contributed by atoms with Gasteiger partial charge in [-0.3, -0.25) is 14.5 Å². The van der Waals surface area contributed by atoms with Gasteiger partial charge < -0.3 is 10.1 Å². The minimum absolute atomic E-state index is 0.0267. The first kappa shape index (κ1) is 19.0. The number of rotatable bonds is 4. The molecule has 0 saturated carbocycles. The molecule has 0 spiro atoms. The largest absolute Gasteiger partial charge is 0.477 e. The van der Waals surface area contributed by atoms with Crippen molar-refractivity contribution in [2.24, 2.45) is 0 Å². The first-order valence-corrected chi connectivity index (χ1v) is 9.05. The van der Waals surface area contributed by atoms with E-state index >= 15 is 0 Å². The lowest BCUT2D eigenvalue weighted by atomic mass is 9.99. The van der Waals surface area contributed by atoms with Crippen LogP contribution >= 0.6 is 11.3 Å². The van der Waals surface area contributed by atoms with Gasteiger partial charge in [0.1, 0.15) is 22.9 Å². The smallest absolute Gasteiger partial charge is 0.262 e. The van der Waals surface area contributed by atoms with Crippen LogP contribution in [0.5, 0.6) is 0 Å². The first-order valence-electron chi connectivity index (χ1n) is 8.17. The van der Waals surface area contributed by atoms with Gasteiger partial charge in [-0.1, -0.05) is 6.07 Å². The maximum Gasteiger partial charge on any atom is 0.262 e. The standard InChI is InChI=1S/C19H18F2N2O3S/c1-11-16(15-5-4-6-27-15)17(24)23(10-26-11)19(2,3)18(25)22-14-8-12(20)7-13(21)9-14/h4-9H,10H2,1-3H3,(H,22,25).